The number of nitriles is 1. The van der Waals surface area contributed by atoms with Crippen molar-refractivity contribution in [1.29, 1.82) is 5.26 Å². The highest BCUT2D eigenvalue weighted by Gasteiger charge is 2.21. The molecule has 0 unspecified atom stereocenters. The monoisotopic (exact) mass is 315 g/mol. The molecular weight excluding hydrogens is 306 g/mol. The molecule has 0 fully saturated rings. The van der Waals surface area contributed by atoms with Crippen LogP contribution in [-0.2, 0) is 11.3 Å². The maximum atomic E-state index is 12.1. The third-order valence-electron chi connectivity index (χ3n) is 3.16. The first-order chi connectivity index (χ1) is 10.7. The van der Waals surface area contributed by atoms with Crippen molar-refractivity contribution < 1.29 is 19.0 Å². The zero-order valence-electron chi connectivity index (χ0n) is 11.3. The lowest BCUT2D eigenvalue weighted by atomic mass is 10.1. The average molecular weight is 316 g/mol. The molecule has 0 atom stereocenters. The average Bonchev–Trinajstić information content (AvgIpc) is 3.02. The van der Waals surface area contributed by atoms with Crippen LogP contribution in [0.4, 0.5) is 0 Å². The number of esters is 1. The third-order valence-corrected chi connectivity index (χ3v) is 3.44. The zero-order valence-corrected chi connectivity index (χ0v) is 12.1. The van der Waals surface area contributed by atoms with Gasteiger partial charge in [0.1, 0.15) is 6.61 Å². The van der Waals surface area contributed by atoms with Gasteiger partial charge in [-0.1, -0.05) is 29.8 Å². The molecule has 0 bridgehead atoms. The smallest absolute Gasteiger partial charge is 0.338 e. The van der Waals surface area contributed by atoms with Crippen molar-refractivity contribution in [2.75, 3.05) is 6.79 Å². The number of benzene rings is 2. The lowest BCUT2D eigenvalue weighted by Gasteiger charge is -2.07. The molecule has 0 radical (unpaired) electrons. The lowest BCUT2D eigenvalue weighted by Crippen LogP contribution is -2.06. The van der Waals surface area contributed by atoms with Crippen molar-refractivity contribution in [3.63, 3.8) is 0 Å². The summed E-state index contributed by atoms with van der Waals surface area (Å²) >= 11 is 6.03. The van der Waals surface area contributed by atoms with Gasteiger partial charge in [0.05, 0.1) is 22.2 Å². The van der Waals surface area contributed by atoms with Gasteiger partial charge in [-0.2, -0.15) is 5.26 Å². The van der Waals surface area contributed by atoms with Gasteiger partial charge in [-0.05, 0) is 18.2 Å². The van der Waals surface area contributed by atoms with E-state index in [1.165, 1.54) is 12.1 Å². The van der Waals surface area contributed by atoms with Crippen molar-refractivity contribution in [2.24, 2.45) is 0 Å². The number of nitrogens with zero attached hydrogens (tertiary/aromatic N) is 1. The summed E-state index contributed by atoms with van der Waals surface area (Å²) in [7, 11) is 0. The topological polar surface area (TPSA) is 68.5 Å². The van der Waals surface area contributed by atoms with Gasteiger partial charge in [0.2, 0.25) is 6.79 Å². The first kappa shape index (κ1) is 14.2. The summed E-state index contributed by atoms with van der Waals surface area (Å²) in [5, 5.41) is 9.30. The third kappa shape index (κ3) is 2.69. The van der Waals surface area contributed by atoms with Crippen LogP contribution >= 0.6 is 11.6 Å². The normalized spacial score (nSPS) is 11.8. The summed E-state index contributed by atoms with van der Waals surface area (Å²) in [6.45, 7) is 0.0811. The number of rotatable bonds is 3. The van der Waals surface area contributed by atoms with Gasteiger partial charge < -0.3 is 14.2 Å². The molecule has 0 saturated heterocycles. The standard InChI is InChI=1S/C16H10ClNO4/c17-13-5-12(6-14-15(13)22-9-21-14)16(19)20-8-11-4-2-1-3-10(11)7-18/h1-6H,8-9H2. The highest BCUT2D eigenvalue weighted by atomic mass is 35.5. The molecule has 110 valence electrons. The first-order valence-corrected chi connectivity index (χ1v) is 6.81. The van der Waals surface area contributed by atoms with Gasteiger partial charge in [-0.15, -0.1) is 0 Å². The predicted octanol–water partition coefficient (Wildman–Crippen LogP) is 3.30. The van der Waals surface area contributed by atoms with Crippen molar-refractivity contribution in [3.8, 4) is 17.6 Å². The maximum Gasteiger partial charge on any atom is 0.338 e. The maximum absolute atomic E-state index is 12.1. The van der Waals surface area contributed by atoms with Gasteiger partial charge in [0.25, 0.3) is 0 Å². The van der Waals surface area contributed by atoms with E-state index in [4.69, 9.17) is 31.1 Å². The van der Waals surface area contributed by atoms with Gasteiger partial charge in [0.15, 0.2) is 11.5 Å². The Hall–Kier alpha value is -2.71. The van der Waals surface area contributed by atoms with Gasteiger partial charge >= 0.3 is 5.97 Å². The van der Waals surface area contributed by atoms with Gasteiger partial charge in [0, 0.05) is 5.56 Å². The van der Waals surface area contributed by atoms with E-state index < -0.39 is 5.97 Å². The highest BCUT2D eigenvalue weighted by Crippen LogP contribution is 2.39. The Morgan fingerprint density at radius 1 is 1.32 bits per heavy atom. The van der Waals surface area contributed by atoms with Crippen molar-refractivity contribution in [1.82, 2.24) is 0 Å². The molecule has 0 aliphatic carbocycles. The van der Waals surface area contributed by atoms with Crippen molar-refractivity contribution in [3.05, 3.63) is 58.1 Å². The van der Waals surface area contributed by atoms with E-state index in [0.29, 0.717) is 27.6 Å². The fraction of sp³-hybridized carbons (Fsp3) is 0.125. The fourth-order valence-electron chi connectivity index (χ4n) is 2.07. The van der Waals surface area contributed by atoms with Crippen LogP contribution < -0.4 is 9.47 Å². The molecule has 2 aromatic rings. The van der Waals surface area contributed by atoms with E-state index in [9.17, 15) is 4.79 Å². The Bertz CT molecular complexity index is 782. The minimum Gasteiger partial charge on any atom is -0.457 e. The minimum atomic E-state index is -0.548. The van der Waals surface area contributed by atoms with Gasteiger partial charge in [-0.25, -0.2) is 4.79 Å². The second kappa shape index (κ2) is 5.96. The molecule has 0 aromatic heterocycles. The number of hydrogen-bond donors (Lipinski definition) is 0. The number of ether oxygens (including phenoxy) is 3. The molecule has 2 aromatic carbocycles. The Labute approximate surface area is 131 Å². The Morgan fingerprint density at radius 3 is 2.95 bits per heavy atom. The van der Waals surface area contributed by atoms with Crippen molar-refractivity contribution in [2.45, 2.75) is 6.61 Å². The van der Waals surface area contributed by atoms with E-state index in [1.807, 2.05) is 0 Å². The summed E-state index contributed by atoms with van der Waals surface area (Å²) in [4.78, 5) is 12.1. The number of hydrogen-bond acceptors (Lipinski definition) is 5. The Balaban J connectivity index is 1.76. The second-order valence-corrected chi connectivity index (χ2v) is 4.94. The molecule has 0 spiro atoms. The summed E-state index contributed by atoms with van der Waals surface area (Å²) < 4.78 is 15.6. The molecule has 1 aliphatic rings. The first-order valence-electron chi connectivity index (χ1n) is 6.43. The molecule has 1 heterocycles. The van der Waals surface area contributed by atoms with Crippen LogP contribution in [-0.4, -0.2) is 12.8 Å². The highest BCUT2D eigenvalue weighted by molar-refractivity contribution is 6.32. The second-order valence-electron chi connectivity index (χ2n) is 4.54. The fourth-order valence-corrected chi connectivity index (χ4v) is 2.33. The summed E-state index contributed by atoms with van der Waals surface area (Å²) in [6, 6.07) is 12.0. The largest absolute Gasteiger partial charge is 0.457 e. The number of halogens is 1. The molecule has 6 heteroatoms. The molecule has 1 aliphatic heterocycles. The number of carbonyl (C=O) groups is 1. The number of carbonyl (C=O) groups excluding carboxylic acids is 1. The van der Waals surface area contributed by atoms with Crippen LogP contribution in [0.5, 0.6) is 11.5 Å². The molecule has 22 heavy (non-hydrogen) atoms. The Morgan fingerprint density at radius 2 is 2.14 bits per heavy atom. The lowest BCUT2D eigenvalue weighted by molar-refractivity contribution is 0.0472. The van der Waals surface area contributed by atoms with Crippen LogP contribution in [0.1, 0.15) is 21.5 Å². The van der Waals surface area contributed by atoms with Crippen molar-refractivity contribution >= 4 is 17.6 Å². The summed E-state index contributed by atoms with van der Waals surface area (Å²) in [5.74, 6) is 0.290. The van der Waals surface area contributed by atoms with E-state index in [2.05, 4.69) is 6.07 Å². The van der Waals surface area contributed by atoms with Crippen LogP contribution in [0.3, 0.4) is 0 Å². The van der Waals surface area contributed by atoms with E-state index >= 15 is 0 Å². The number of fused-ring (bicyclic) bond motifs is 1. The summed E-state index contributed by atoms with van der Waals surface area (Å²) in [6.07, 6.45) is 0. The summed E-state index contributed by atoms with van der Waals surface area (Å²) in [5.41, 5.74) is 1.38. The van der Waals surface area contributed by atoms with E-state index in [0.717, 1.165) is 0 Å². The van der Waals surface area contributed by atoms with Crippen LogP contribution in [0.15, 0.2) is 36.4 Å². The minimum absolute atomic E-state index is 0.00856. The Kier molecular flexibility index (Phi) is 3.86. The van der Waals surface area contributed by atoms with E-state index in [1.54, 1.807) is 24.3 Å². The van der Waals surface area contributed by atoms with Crippen LogP contribution in [0.25, 0.3) is 0 Å². The zero-order chi connectivity index (χ0) is 15.5. The SMILES string of the molecule is N#Cc1ccccc1COC(=O)c1cc(Cl)c2c(c1)OCO2. The molecule has 5 nitrogen and oxygen atoms in total. The molecule has 3 rings (SSSR count). The van der Waals surface area contributed by atoms with Crippen LogP contribution in [0, 0.1) is 11.3 Å². The molecule has 0 amide bonds. The molecular formula is C16H10ClNO4. The van der Waals surface area contributed by atoms with Gasteiger partial charge in [-0.3, -0.25) is 0 Å². The molecule has 0 saturated carbocycles. The predicted molar refractivity (Wildman–Crippen MR) is 77.9 cm³/mol. The quantitative estimate of drug-likeness (QED) is 0.813. The molecule has 0 N–H and O–H groups in total. The van der Waals surface area contributed by atoms with Crippen LogP contribution in [0.2, 0.25) is 5.02 Å². The van der Waals surface area contributed by atoms with E-state index in [-0.39, 0.29) is 19.0 Å².